The molecule has 4 rings (SSSR count). The first-order valence-electron chi connectivity index (χ1n) is 8.28. The minimum atomic E-state index is -1.04. The Morgan fingerprint density at radius 2 is 1.52 bits per heavy atom. The fourth-order valence-corrected chi connectivity index (χ4v) is 4.17. The van der Waals surface area contributed by atoms with E-state index in [2.05, 4.69) is 0 Å². The minimum absolute atomic E-state index is 0.305. The molecule has 2 aliphatic rings. The largest absolute Gasteiger partial charge is 0.387 e. The molecule has 2 aromatic carbocycles. The van der Waals surface area contributed by atoms with Crippen molar-refractivity contribution in [3.63, 3.8) is 0 Å². The fraction of sp³-hybridized carbons (Fsp3) is 0.368. The lowest BCUT2D eigenvalue weighted by Gasteiger charge is -2.46. The van der Waals surface area contributed by atoms with Crippen LogP contribution in [-0.4, -0.2) is 46.7 Å². The average molecular weight is 360 g/mol. The van der Waals surface area contributed by atoms with Crippen molar-refractivity contribution in [2.75, 3.05) is 6.61 Å². The zero-order valence-corrected chi connectivity index (χ0v) is 14.3. The van der Waals surface area contributed by atoms with E-state index in [0.29, 0.717) is 6.61 Å². The molecule has 2 aromatic rings. The van der Waals surface area contributed by atoms with Gasteiger partial charge in [0.2, 0.25) is 0 Å². The molecule has 25 heavy (non-hydrogen) atoms. The van der Waals surface area contributed by atoms with Crippen molar-refractivity contribution in [1.82, 2.24) is 0 Å². The number of ether oxygens (including phenoxy) is 3. The van der Waals surface area contributed by atoms with E-state index < -0.39 is 36.1 Å². The Labute approximate surface area is 150 Å². The fourth-order valence-electron chi connectivity index (χ4n) is 3.09. The van der Waals surface area contributed by atoms with Gasteiger partial charge in [0, 0.05) is 10.5 Å². The van der Waals surface area contributed by atoms with E-state index in [9.17, 15) is 10.2 Å². The molecule has 0 aromatic heterocycles. The van der Waals surface area contributed by atoms with E-state index in [1.54, 1.807) is 0 Å². The molecular weight excluding hydrogens is 340 g/mol. The molecule has 2 fully saturated rings. The SMILES string of the molecule is O[C@@H]1[C@H](O)[C@@H](Sc2ccccc2)O[C@@H]2COC(c3ccccc3)O[C@@H]12. The Kier molecular flexibility index (Phi) is 5.08. The van der Waals surface area contributed by atoms with E-state index in [1.807, 2.05) is 60.7 Å². The molecule has 0 radical (unpaired) electrons. The average Bonchev–Trinajstić information content (AvgIpc) is 2.67. The molecule has 5 nitrogen and oxygen atoms in total. The van der Waals surface area contributed by atoms with E-state index in [1.165, 1.54) is 11.8 Å². The second kappa shape index (κ2) is 7.45. The number of thioether (sulfide) groups is 1. The van der Waals surface area contributed by atoms with Gasteiger partial charge in [0.1, 0.15) is 29.9 Å². The molecule has 2 heterocycles. The Hall–Kier alpha value is -1.41. The number of fused-ring (bicyclic) bond motifs is 1. The summed E-state index contributed by atoms with van der Waals surface area (Å²) >= 11 is 1.39. The van der Waals surface area contributed by atoms with E-state index in [4.69, 9.17) is 14.2 Å². The van der Waals surface area contributed by atoms with Crippen LogP contribution in [-0.2, 0) is 14.2 Å². The maximum Gasteiger partial charge on any atom is 0.184 e. The highest BCUT2D eigenvalue weighted by atomic mass is 32.2. The summed E-state index contributed by atoms with van der Waals surface area (Å²) in [5, 5.41) is 21.0. The maximum absolute atomic E-state index is 10.6. The monoisotopic (exact) mass is 360 g/mol. The Bertz CT molecular complexity index is 681. The van der Waals surface area contributed by atoms with Crippen molar-refractivity contribution in [3.05, 3.63) is 66.2 Å². The summed E-state index contributed by atoms with van der Waals surface area (Å²) in [6.45, 7) is 0.305. The number of hydrogen-bond donors (Lipinski definition) is 2. The van der Waals surface area contributed by atoms with E-state index in [-0.39, 0.29) is 0 Å². The molecule has 0 bridgehead atoms. The van der Waals surface area contributed by atoms with Gasteiger partial charge >= 0.3 is 0 Å². The maximum atomic E-state index is 10.6. The van der Waals surface area contributed by atoms with Crippen molar-refractivity contribution in [2.24, 2.45) is 0 Å². The molecule has 2 aliphatic heterocycles. The first kappa shape index (κ1) is 17.0. The van der Waals surface area contributed by atoms with E-state index >= 15 is 0 Å². The van der Waals surface area contributed by atoms with Crippen molar-refractivity contribution >= 4 is 11.8 Å². The summed E-state index contributed by atoms with van der Waals surface area (Å²) < 4.78 is 17.6. The zero-order valence-electron chi connectivity index (χ0n) is 13.5. The van der Waals surface area contributed by atoms with Crippen LogP contribution >= 0.6 is 11.8 Å². The highest BCUT2D eigenvalue weighted by Crippen LogP contribution is 2.38. The van der Waals surface area contributed by atoms with Crippen LogP contribution < -0.4 is 0 Å². The van der Waals surface area contributed by atoms with E-state index in [0.717, 1.165) is 10.5 Å². The molecule has 2 saturated heterocycles. The number of aliphatic hydroxyl groups excluding tert-OH is 2. The van der Waals surface area contributed by atoms with Gasteiger partial charge in [-0.2, -0.15) is 0 Å². The normalized spacial score (nSPS) is 35.1. The summed E-state index contributed by atoms with van der Waals surface area (Å²) in [5.74, 6) is 0. The van der Waals surface area contributed by atoms with Crippen molar-refractivity contribution in [2.45, 2.75) is 41.0 Å². The molecule has 0 saturated carbocycles. The van der Waals surface area contributed by atoms with Gasteiger partial charge in [-0.05, 0) is 12.1 Å². The summed E-state index contributed by atoms with van der Waals surface area (Å²) in [4.78, 5) is 0.969. The minimum Gasteiger partial charge on any atom is -0.387 e. The van der Waals surface area contributed by atoms with Gasteiger partial charge < -0.3 is 24.4 Å². The predicted molar refractivity (Wildman–Crippen MR) is 93.0 cm³/mol. The molecule has 6 atom stereocenters. The van der Waals surface area contributed by atoms with Crippen LogP contribution in [0.4, 0.5) is 0 Å². The smallest absolute Gasteiger partial charge is 0.184 e. The zero-order chi connectivity index (χ0) is 17.2. The van der Waals surface area contributed by atoms with Crippen LogP contribution in [0.3, 0.4) is 0 Å². The third kappa shape index (κ3) is 3.60. The van der Waals surface area contributed by atoms with Crippen LogP contribution in [0.15, 0.2) is 65.6 Å². The summed E-state index contributed by atoms with van der Waals surface area (Å²) in [6.07, 6.45) is -3.68. The van der Waals surface area contributed by atoms with Crippen LogP contribution in [0.25, 0.3) is 0 Å². The first-order chi connectivity index (χ1) is 12.2. The first-order valence-corrected chi connectivity index (χ1v) is 9.15. The Balaban J connectivity index is 1.46. The summed E-state index contributed by atoms with van der Waals surface area (Å²) in [5.41, 5.74) is 0.308. The van der Waals surface area contributed by atoms with Crippen LogP contribution in [0.1, 0.15) is 11.9 Å². The second-order valence-electron chi connectivity index (χ2n) is 6.13. The Morgan fingerprint density at radius 1 is 0.840 bits per heavy atom. The molecule has 2 N–H and O–H groups in total. The predicted octanol–water partition coefficient (Wildman–Crippen LogP) is 2.34. The molecule has 132 valence electrons. The lowest BCUT2D eigenvalue weighted by Crippen LogP contribution is -2.60. The van der Waals surface area contributed by atoms with Crippen molar-refractivity contribution < 1.29 is 24.4 Å². The van der Waals surface area contributed by atoms with Gasteiger partial charge in [-0.15, -0.1) is 0 Å². The lowest BCUT2D eigenvalue weighted by molar-refractivity contribution is -0.318. The number of aliphatic hydroxyl groups is 2. The third-order valence-electron chi connectivity index (χ3n) is 4.40. The van der Waals surface area contributed by atoms with Crippen molar-refractivity contribution in [3.8, 4) is 0 Å². The van der Waals surface area contributed by atoms with Crippen LogP contribution in [0.5, 0.6) is 0 Å². The number of benzene rings is 2. The summed E-state index contributed by atoms with van der Waals surface area (Å²) in [7, 11) is 0. The van der Waals surface area contributed by atoms with Gasteiger partial charge in [-0.25, -0.2) is 0 Å². The van der Waals surface area contributed by atoms with Crippen LogP contribution in [0.2, 0.25) is 0 Å². The number of rotatable bonds is 3. The van der Waals surface area contributed by atoms with Gasteiger partial charge in [0.15, 0.2) is 6.29 Å². The second-order valence-corrected chi connectivity index (χ2v) is 7.30. The van der Waals surface area contributed by atoms with Gasteiger partial charge in [0.25, 0.3) is 0 Å². The van der Waals surface area contributed by atoms with Gasteiger partial charge in [-0.3, -0.25) is 0 Å². The Morgan fingerprint density at radius 3 is 2.24 bits per heavy atom. The molecule has 0 aliphatic carbocycles. The lowest BCUT2D eigenvalue weighted by atomic mass is 9.99. The molecular formula is C19H20O5S. The molecule has 6 heteroatoms. The van der Waals surface area contributed by atoms with Crippen molar-refractivity contribution in [1.29, 1.82) is 0 Å². The quantitative estimate of drug-likeness (QED) is 0.876. The highest BCUT2D eigenvalue weighted by Gasteiger charge is 2.49. The molecule has 0 amide bonds. The molecule has 0 spiro atoms. The van der Waals surface area contributed by atoms with Crippen LogP contribution in [0, 0.1) is 0 Å². The summed E-state index contributed by atoms with van der Waals surface area (Å²) in [6, 6.07) is 19.2. The topological polar surface area (TPSA) is 68.2 Å². The number of hydrogen-bond acceptors (Lipinski definition) is 6. The third-order valence-corrected chi connectivity index (χ3v) is 5.57. The standard InChI is InChI=1S/C19H20O5S/c20-15-16(21)19(25-13-9-5-2-6-10-13)23-14-11-22-18(24-17(14)15)12-7-3-1-4-8-12/h1-10,14-21H,11H2/t14-,15-,16+,17-,18?,19-/m1/s1. The highest BCUT2D eigenvalue weighted by molar-refractivity contribution is 7.99. The van der Waals surface area contributed by atoms with Gasteiger partial charge in [-0.1, -0.05) is 60.3 Å². The van der Waals surface area contributed by atoms with Gasteiger partial charge in [0.05, 0.1) is 6.61 Å². The molecule has 1 unspecified atom stereocenters.